The summed E-state index contributed by atoms with van der Waals surface area (Å²) in [4.78, 5) is 4.45. The van der Waals surface area contributed by atoms with Gasteiger partial charge in [0, 0.05) is 25.5 Å². The van der Waals surface area contributed by atoms with Crippen LogP contribution in [0.5, 0.6) is 0 Å². The maximum absolute atomic E-state index is 6.07. The van der Waals surface area contributed by atoms with Crippen LogP contribution in [0.1, 0.15) is 24.2 Å². The highest BCUT2D eigenvalue weighted by Gasteiger charge is 2.17. The first-order chi connectivity index (χ1) is 10.7. The summed E-state index contributed by atoms with van der Waals surface area (Å²) in [6, 6.07) is 5.73. The van der Waals surface area contributed by atoms with Gasteiger partial charge in [-0.3, -0.25) is 0 Å². The van der Waals surface area contributed by atoms with Crippen molar-refractivity contribution in [3.05, 3.63) is 52.0 Å². The van der Waals surface area contributed by atoms with Crippen LogP contribution in [0.3, 0.4) is 0 Å². The smallest absolute Gasteiger partial charge is 0.164 e. The van der Waals surface area contributed by atoms with Gasteiger partial charge in [-0.05, 0) is 30.5 Å². The third-order valence-corrected chi connectivity index (χ3v) is 4.66. The molecule has 0 aliphatic carbocycles. The van der Waals surface area contributed by atoms with Gasteiger partial charge < -0.3 is 14.6 Å². The van der Waals surface area contributed by atoms with E-state index in [0.717, 1.165) is 37.6 Å². The Labute approximate surface area is 140 Å². The minimum atomic E-state index is 0.401. The van der Waals surface area contributed by atoms with Gasteiger partial charge in [0.05, 0.1) is 10.0 Å². The molecule has 4 nitrogen and oxygen atoms in total. The summed E-state index contributed by atoms with van der Waals surface area (Å²) >= 11 is 12.0. The number of hydrogen-bond acceptors (Lipinski definition) is 2. The van der Waals surface area contributed by atoms with Crippen molar-refractivity contribution in [3.8, 4) is 0 Å². The van der Waals surface area contributed by atoms with E-state index in [1.165, 1.54) is 12.8 Å². The summed E-state index contributed by atoms with van der Waals surface area (Å²) in [6.45, 7) is 3.51. The summed E-state index contributed by atoms with van der Waals surface area (Å²) in [5, 5.41) is 3.44. The maximum Gasteiger partial charge on any atom is 0.164 e. The first-order valence-corrected chi connectivity index (χ1v) is 8.35. The van der Waals surface area contributed by atoms with Crippen molar-refractivity contribution in [1.82, 2.24) is 9.55 Å². The number of benzene rings is 1. The number of ether oxygens (including phenoxy) is 1. The normalized spacial score (nSPS) is 18.0. The SMILES string of the molecule is Clc1ccc(Cn2ccnc2C[NH2+]C[C@@H]2CCCO2)cc1Cl. The minimum absolute atomic E-state index is 0.401. The molecule has 6 heteroatoms. The molecule has 1 aromatic carbocycles. The molecule has 0 amide bonds. The number of nitrogens with two attached hydrogens (primary N) is 1. The molecule has 1 saturated heterocycles. The molecule has 0 spiro atoms. The molecule has 0 unspecified atom stereocenters. The molecule has 0 saturated carbocycles. The fraction of sp³-hybridized carbons (Fsp3) is 0.438. The maximum atomic E-state index is 6.07. The molecule has 1 aromatic heterocycles. The first-order valence-electron chi connectivity index (χ1n) is 7.59. The largest absolute Gasteiger partial charge is 0.372 e. The number of hydrogen-bond donors (Lipinski definition) is 1. The predicted molar refractivity (Wildman–Crippen MR) is 87.3 cm³/mol. The average Bonchev–Trinajstić information content (AvgIpc) is 3.16. The van der Waals surface area contributed by atoms with Gasteiger partial charge in [0.15, 0.2) is 5.82 Å². The lowest BCUT2D eigenvalue weighted by molar-refractivity contribution is -0.677. The Balaban J connectivity index is 1.57. The lowest BCUT2D eigenvalue weighted by Crippen LogP contribution is -2.85. The average molecular weight is 341 g/mol. The molecular weight excluding hydrogens is 321 g/mol. The van der Waals surface area contributed by atoms with Gasteiger partial charge in [-0.1, -0.05) is 29.3 Å². The quantitative estimate of drug-likeness (QED) is 0.877. The number of quaternary nitrogens is 1. The summed E-state index contributed by atoms with van der Waals surface area (Å²) in [5.74, 6) is 1.06. The molecule has 3 rings (SSSR count). The molecule has 0 radical (unpaired) electrons. The van der Waals surface area contributed by atoms with Crippen molar-refractivity contribution in [2.24, 2.45) is 0 Å². The summed E-state index contributed by atoms with van der Waals surface area (Å²) in [5.41, 5.74) is 1.12. The molecule has 1 aliphatic heterocycles. The summed E-state index contributed by atoms with van der Waals surface area (Å²) in [7, 11) is 0. The number of rotatable bonds is 6. The van der Waals surface area contributed by atoms with Gasteiger partial charge in [0.1, 0.15) is 19.2 Å². The second-order valence-electron chi connectivity index (χ2n) is 5.58. The molecule has 1 fully saturated rings. The molecule has 1 aliphatic rings. The fourth-order valence-electron chi connectivity index (χ4n) is 2.74. The van der Waals surface area contributed by atoms with Gasteiger partial charge in [0.25, 0.3) is 0 Å². The van der Waals surface area contributed by atoms with Crippen LogP contribution in [0, 0.1) is 0 Å². The van der Waals surface area contributed by atoms with E-state index in [-0.39, 0.29) is 0 Å². The molecule has 2 aromatic rings. The number of halogens is 2. The van der Waals surface area contributed by atoms with Gasteiger partial charge in [-0.2, -0.15) is 0 Å². The molecule has 22 heavy (non-hydrogen) atoms. The van der Waals surface area contributed by atoms with Crippen LogP contribution in [0.15, 0.2) is 30.6 Å². The van der Waals surface area contributed by atoms with Crippen molar-refractivity contribution in [2.75, 3.05) is 13.2 Å². The number of imidazole rings is 1. The Hall–Kier alpha value is -1.07. The van der Waals surface area contributed by atoms with Crippen LogP contribution < -0.4 is 5.32 Å². The summed E-state index contributed by atoms with van der Waals surface area (Å²) < 4.78 is 7.78. The van der Waals surface area contributed by atoms with Crippen molar-refractivity contribution in [1.29, 1.82) is 0 Å². The van der Waals surface area contributed by atoms with E-state index in [2.05, 4.69) is 14.9 Å². The number of nitrogens with zero attached hydrogens (tertiary/aromatic N) is 2. The van der Waals surface area contributed by atoms with Crippen molar-refractivity contribution in [2.45, 2.75) is 32.0 Å². The van der Waals surface area contributed by atoms with E-state index in [1.807, 2.05) is 30.6 Å². The second-order valence-corrected chi connectivity index (χ2v) is 6.40. The van der Waals surface area contributed by atoms with Crippen molar-refractivity contribution in [3.63, 3.8) is 0 Å². The van der Waals surface area contributed by atoms with E-state index >= 15 is 0 Å². The van der Waals surface area contributed by atoms with Crippen molar-refractivity contribution >= 4 is 23.2 Å². The van der Waals surface area contributed by atoms with E-state index < -0.39 is 0 Å². The van der Waals surface area contributed by atoms with Gasteiger partial charge in [-0.15, -0.1) is 0 Å². The van der Waals surface area contributed by atoms with E-state index in [4.69, 9.17) is 27.9 Å². The monoisotopic (exact) mass is 340 g/mol. The van der Waals surface area contributed by atoms with Crippen LogP contribution in [0.4, 0.5) is 0 Å². The number of aromatic nitrogens is 2. The summed E-state index contributed by atoms with van der Waals surface area (Å²) in [6.07, 6.45) is 6.60. The Morgan fingerprint density at radius 1 is 1.32 bits per heavy atom. The minimum Gasteiger partial charge on any atom is -0.372 e. The standard InChI is InChI=1S/C16H19Cl2N3O/c17-14-4-3-12(8-15(14)18)11-21-6-5-20-16(21)10-19-9-13-2-1-7-22-13/h3-6,8,13,19H,1-2,7,9-11H2/p+1/t13-/m0/s1. The van der Waals surface area contributed by atoms with Crippen LogP contribution in [-0.4, -0.2) is 28.8 Å². The van der Waals surface area contributed by atoms with Crippen LogP contribution >= 0.6 is 23.2 Å². The molecule has 0 bridgehead atoms. The zero-order chi connectivity index (χ0) is 15.4. The lowest BCUT2D eigenvalue weighted by atomic mass is 10.2. The molecule has 118 valence electrons. The van der Waals surface area contributed by atoms with E-state index in [0.29, 0.717) is 16.1 Å². The van der Waals surface area contributed by atoms with Crippen LogP contribution in [0.25, 0.3) is 0 Å². The second kappa shape index (κ2) is 7.47. The van der Waals surface area contributed by atoms with E-state index in [9.17, 15) is 0 Å². The van der Waals surface area contributed by atoms with Crippen molar-refractivity contribution < 1.29 is 10.1 Å². The van der Waals surface area contributed by atoms with Gasteiger partial charge in [0.2, 0.25) is 0 Å². The highest BCUT2D eigenvalue weighted by molar-refractivity contribution is 6.42. The highest BCUT2D eigenvalue weighted by Crippen LogP contribution is 2.23. The van der Waals surface area contributed by atoms with Gasteiger partial charge in [-0.25, -0.2) is 4.98 Å². The van der Waals surface area contributed by atoms with Gasteiger partial charge >= 0.3 is 0 Å². The Morgan fingerprint density at radius 3 is 3.00 bits per heavy atom. The Morgan fingerprint density at radius 2 is 2.23 bits per heavy atom. The first kappa shape index (κ1) is 15.8. The molecular formula is C16H20Cl2N3O+. The Kier molecular flexibility index (Phi) is 5.37. The van der Waals surface area contributed by atoms with Crippen LogP contribution in [0.2, 0.25) is 10.0 Å². The molecule has 2 heterocycles. The zero-order valence-corrected chi connectivity index (χ0v) is 13.9. The molecule has 2 N–H and O–H groups in total. The fourth-order valence-corrected chi connectivity index (χ4v) is 3.06. The third-order valence-electron chi connectivity index (χ3n) is 3.92. The third kappa shape index (κ3) is 4.02. The highest BCUT2D eigenvalue weighted by atomic mass is 35.5. The molecule has 1 atom stereocenters. The van der Waals surface area contributed by atoms with E-state index in [1.54, 1.807) is 0 Å². The zero-order valence-electron chi connectivity index (χ0n) is 12.3. The predicted octanol–water partition coefficient (Wildman–Crippen LogP) is 2.48. The van der Waals surface area contributed by atoms with Crippen LogP contribution in [-0.2, 0) is 17.8 Å². The Bertz CT molecular complexity index is 624. The lowest BCUT2D eigenvalue weighted by Gasteiger charge is -2.10. The topological polar surface area (TPSA) is 43.7 Å².